The van der Waals surface area contributed by atoms with Gasteiger partial charge in [-0.25, -0.2) is 4.79 Å². The van der Waals surface area contributed by atoms with Crippen molar-refractivity contribution in [2.75, 3.05) is 17.2 Å². The predicted octanol–water partition coefficient (Wildman–Crippen LogP) is 6.03. The number of nitrogens with zero attached hydrogens (tertiary/aromatic N) is 1. The van der Waals surface area contributed by atoms with Crippen molar-refractivity contribution in [2.45, 2.75) is 32.9 Å². The summed E-state index contributed by atoms with van der Waals surface area (Å²) in [6.07, 6.45) is -4.75. The van der Waals surface area contributed by atoms with Crippen molar-refractivity contribution in [3.8, 4) is 16.9 Å². The first-order chi connectivity index (χ1) is 17.5. The molecule has 3 aromatic rings. The van der Waals surface area contributed by atoms with Crippen LogP contribution in [-0.2, 0) is 17.4 Å². The highest BCUT2D eigenvalue weighted by molar-refractivity contribution is 6.12. The topological polar surface area (TPSA) is 118 Å². The summed E-state index contributed by atoms with van der Waals surface area (Å²) in [6.45, 7) is 3.32. The number of Topliss-reactive ketones (excluding diaryl/α,β-unsaturated/α-hetero) is 1. The number of hydrogen-bond donors (Lipinski definition) is 3. The van der Waals surface area contributed by atoms with Crippen LogP contribution >= 0.6 is 0 Å². The van der Waals surface area contributed by atoms with Gasteiger partial charge in [-0.15, -0.1) is 0 Å². The van der Waals surface area contributed by atoms with Crippen LogP contribution in [0.4, 0.5) is 29.3 Å². The third-order valence-electron chi connectivity index (χ3n) is 5.28. The molecule has 0 aliphatic carbocycles. The van der Waals surface area contributed by atoms with Crippen molar-refractivity contribution in [3.05, 3.63) is 71.5 Å². The first-order valence-electron chi connectivity index (χ1n) is 11.3. The third kappa shape index (κ3) is 6.84. The van der Waals surface area contributed by atoms with Crippen LogP contribution in [0.1, 0.15) is 41.9 Å². The summed E-state index contributed by atoms with van der Waals surface area (Å²) >= 11 is 0. The van der Waals surface area contributed by atoms with Crippen LogP contribution in [-0.4, -0.2) is 34.5 Å². The van der Waals surface area contributed by atoms with Crippen molar-refractivity contribution in [2.24, 2.45) is 0 Å². The lowest BCUT2D eigenvalue weighted by molar-refractivity contribution is -0.138. The van der Waals surface area contributed by atoms with Crippen LogP contribution in [0.5, 0.6) is 5.75 Å². The average Bonchev–Trinajstić information content (AvgIpc) is 2.84. The molecule has 0 unspecified atom stereocenters. The summed E-state index contributed by atoms with van der Waals surface area (Å²) in [5.41, 5.74) is 0.614. The molecule has 0 saturated carbocycles. The summed E-state index contributed by atoms with van der Waals surface area (Å²) < 4.78 is 45.7. The van der Waals surface area contributed by atoms with E-state index < -0.39 is 47.4 Å². The Labute approximate surface area is 210 Å². The largest absolute Gasteiger partial charge is 0.493 e. The lowest BCUT2D eigenvalue weighted by atomic mass is 9.98. The lowest BCUT2D eigenvalue weighted by Crippen LogP contribution is -2.20. The van der Waals surface area contributed by atoms with Crippen molar-refractivity contribution in [1.82, 2.24) is 4.98 Å². The zero-order chi connectivity index (χ0) is 27.2. The molecule has 0 saturated heterocycles. The number of benzene rings is 2. The molecule has 194 valence electrons. The van der Waals surface area contributed by atoms with E-state index in [4.69, 9.17) is 9.84 Å². The fourth-order valence-corrected chi connectivity index (χ4v) is 3.68. The Balaban J connectivity index is 1.86. The fourth-order valence-electron chi connectivity index (χ4n) is 3.68. The van der Waals surface area contributed by atoms with E-state index in [1.54, 1.807) is 30.5 Å². The van der Waals surface area contributed by atoms with E-state index in [0.29, 0.717) is 12.5 Å². The number of pyridine rings is 1. The van der Waals surface area contributed by atoms with Crippen LogP contribution in [0.25, 0.3) is 11.1 Å². The molecule has 3 rings (SSSR count). The number of ether oxygens (including phenoxy) is 1. The molecule has 1 heterocycles. The minimum Gasteiger partial charge on any atom is -0.493 e. The number of alkyl halides is 3. The number of amides is 2. The number of anilines is 2. The van der Waals surface area contributed by atoms with Gasteiger partial charge >= 0.3 is 12.3 Å². The molecule has 0 bridgehead atoms. The van der Waals surface area contributed by atoms with Gasteiger partial charge in [0.25, 0.3) is 0 Å². The van der Waals surface area contributed by atoms with Crippen LogP contribution in [0, 0.1) is 0 Å². The highest BCUT2D eigenvalue weighted by atomic mass is 19.4. The summed E-state index contributed by atoms with van der Waals surface area (Å²) in [7, 11) is 0. The molecular formula is C26H24F3N3O5. The Morgan fingerprint density at radius 3 is 2.38 bits per heavy atom. The maximum absolute atomic E-state index is 13.6. The minimum absolute atomic E-state index is 0.104. The van der Waals surface area contributed by atoms with E-state index in [9.17, 15) is 27.6 Å². The predicted molar refractivity (Wildman–Crippen MR) is 131 cm³/mol. The van der Waals surface area contributed by atoms with Crippen LogP contribution in [0.2, 0.25) is 0 Å². The van der Waals surface area contributed by atoms with E-state index in [-0.39, 0.29) is 17.9 Å². The molecule has 37 heavy (non-hydrogen) atoms. The second kappa shape index (κ2) is 11.5. The molecule has 0 aliphatic heterocycles. The van der Waals surface area contributed by atoms with Gasteiger partial charge < -0.3 is 15.2 Å². The zero-order valence-corrected chi connectivity index (χ0v) is 20.0. The van der Waals surface area contributed by atoms with Gasteiger partial charge in [-0.2, -0.15) is 13.2 Å². The van der Waals surface area contributed by atoms with Crippen LogP contribution < -0.4 is 15.4 Å². The molecular weight excluding hydrogens is 491 g/mol. The summed E-state index contributed by atoms with van der Waals surface area (Å²) in [5.74, 6) is -2.10. The van der Waals surface area contributed by atoms with E-state index >= 15 is 0 Å². The number of hydrogen-bond acceptors (Lipinski definition) is 5. The van der Waals surface area contributed by atoms with E-state index in [1.165, 1.54) is 13.0 Å². The number of ketones is 1. The van der Waals surface area contributed by atoms with Gasteiger partial charge in [-0.1, -0.05) is 31.2 Å². The Kier molecular flexibility index (Phi) is 8.49. The van der Waals surface area contributed by atoms with Gasteiger partial charge in [0.1, 0.15) is 5.75 Å². The van der Waals surface area contributed by atoms with Crippen molar-refractivity contribution in [3.63, 3.8) is 0 Å². The molecule has 0 atom stereocenters. The second-order valence-corrected chi connectivity index (χ2v) is 7.84. The molecule has 0 fully saturated rings. The fraction of sp³-hybridized carbons (Fsp3) is 0.231. The standard InChI is InChI=1S/C26H24F3N3O5/c1-3-19-17(9-6-10-30-19)15-7-5-8-16(11-15)22(33)14-24(34)31-20-12-18(26(27,28)29)23(37-4-2)13-21(20)32-25(35)36/h5-13,32H,3-4,14H2,1-2H3,(H,31,34)(H,35,36). The van der Waals surface area contributed by atoms with E-state index in [0.717, 1.165) is 22.9 Å². The molecule has 8 nitrogen and oxygen atoms in total. The molecule has 0 radical (unpaired) electrons. The average molecular weight is 515 g/mol. The van der Waals surface area contributed by atoms with Gasteiger partial charge in [-0.05, 0) is 37.1 Å². The van der Waals surface area contributed by atoms with Crippen LogP contribution in [0.15, 0.2) is 54.7 Å². The van der Waals surface area contributed by atoms with Crippen LogP contribution in [0.3, 0.4) is 0 Å². The number of aryl methyl sites for hydroxylation is 1. The Bertz CT molecular complexity index is 1330. The number of aromatic nitrogens is 1. The minimum atomic E-state index is -4.84. The van der Waals surface area contributed by atoms with Gasteiger partial charge in [0.2, 0.25) is 5.91 Å². The quantitative estimate of drug-likeness (QED) is 0.237. The summed E-state index contributed by atoms with van der Waals surface area (Å²) in [6, 6.07) is 11.6. The molecule has 2 aromatic carbocycles. The first-order valence-corrected chi connectivity index (χ1v) is 11.3. The second-order valence-electron chi connectivity index (χ2n) is 7.84. The smallest absolute Gasteiger partial charge is 0.420 e. The third-order valence-corrected chi connectivity index (χ3v) is 5.28. The number of carboxylic acid groups (broad SMARTS) is 1. The molecule has 1 aromatic heterocycles. The van der Waals surface area contributed by atoms with Crippen molar-refractivity contribution in [1.29, 1.82) is 0 Å². The Morgan fingerprint density at radius 1 is 1.00 bits per heavy atom. The van der Waals surface area contributed by atoms with Gasteiger partial charge in [0.15, 0.2) is 5.78 Å². The molecule has 11 heteroatoms. The summed E-state index contributed by atoms with van der Waals surface area (Å²) in [5, 5.41) is 13.2. The zero-order valence-electron chi connectivity index (χ0n) is 20.0. The number of halogens is 3. The van der Waals surface area contributed by atoms with Gasteiger partial charge in [-0.3, -0.25) is 19.9 Å². The summed E-state index contributed by atoms with van der Waals surface area (Å²) in [4.78, 5) is 41.0. The SMILES string of the molecule is CCOc1cc(NC(=O)O)c(NC(=O)CC(=O)c2cccc(-c3cccnc3CC)c2)cc1C(F)(F)F. The molecule has 0 spiro atoms. The van der Waals surface area contributed by atoms with Crippen molar-refractivity contribution < 1.29 is 37.4 Å². The molecule has 3 N–H and O–H groups in total. The monoisotopic (exact) mass is 515 g/mol. The maximum atomic E-state index is 13.6. The molecule has 0 aliphatic rings. The maximum Gasteiger partial charge on any atom is 0.420 e. The highest BCUT2D eigenvalue weighted by Crippen LogP contribution is 2.41. The number of carbonyl (C=O) groups is 3. The van der Waals surface area contributed by atoms with E-state index in [1.807, 2.05) is 18.3 Å². The number of carbonyl (C=O) groups excluding carboxylic acids is 2. The first kappa shape index (κ1) is 27.2. The number of rotatable bonds is 9. The van der Waals surface area contributed by atoms with Crippen molar-refractivity contribution >= 4 is 29.2 Å². The Hall–Kier alpha value is -4.41. The normalized spacial score (nSPS) is 11.1. The lowest BCUT2D eigenvalue weighted by Gasteiger charge is -2.18. The molecule has 2 amide bonds. The van der Waals surface area contributed by atoms with Gasteiger partial charge in [0, 0.05) is 29.1 Å². The highest BCUT2D eigenvalue weighted by Gasteiger charge is 2.36. The van der Waals surface area contributed by atoms with Gasteiger partial charge in [0.05, 0.1) is 30.0 Å². The Morgan fingerprint density at radius 2 is 1.73 bits per heavy atom. The number of nitrogens with one attached hydrogen (secondary N) is 2. The van der Waals surface area contributed by atoms with E-state index in [2.05, 4.69) is 10.3 Å².